The Morgan fingerprint density at radius 3 is 2.60 bits per heavy atom. The molecule has 0 aliphatic heterocycles. The number of rotatable bonds is 3. The van der Waals surface area contributed by atoms with Crippen LogP contribution in [0.1, 0.15) is 27.2 Å². The van der Waals surface area contributed by atoms with Crippen molar-refractivity contribution in [1.29, 1.82) is 0 Å². The molecule has 15 heavy (non-hydrogen) atoms. The van der Waals surface area contributed by atoms with Gasteiger partial charge < -0.3 is 5.32 Å². The zero-order valence-electron chi connectivity index (χ0n) is 9.04. The predicted octanol–water partition coefficient (Wildman–Crippen LogP) is 2.61. The largest absolute Gasteiger partial charge is 0.309 e. The van der Waals surface area contributed by atoms with Crippen LogP contribution in [0.3, 0.4) is 0 Å². The van der Waals surface area contributed by atoms with Crippen molar-refractivity contribution in [3.63, 3.8) is 0 Å². The monoisotopic (exact) mass is 271 g/mol. The molecule has 5 heteroatoms. The summed E-state index contributed by atoms with van der Waals surface area (Å²) in [6, 6.07) is 0. The summed E-state index contributed by atoms with van der Waals surface area (Å²) >= 11 is 3.18. The Kier molecular flexibility index (Phi) is 3.79. The minimum atomic E-state index is -0.380. The van der Waals surface area contributed by atoms with E-state index >= 15 is 0 Å². The number of hydrogen-bond acceptors (Lipinski definition) is 3. The first kappa shape index (κ1) is 12.1. The Morgan fingerprint density at radius 2 is 2.13 bits per heavy atom. The highest BCUT2D eigenvalue weighted by atomic mass is 79.9. The molecule has 0 fully saturated rings. The molecular weight excluding hydrogens is 258 g/mol. The van der Waals surface area contributed by atoms with E-state index in [2.05, 4.69) is 31.2 Å². The lowest BCUT2D eigenvalue weighted by Crippen LogP contribution is -2.30. The van der Waals surface area contributed by atoms with E-state index in [0.717, 1.165) is 6.42 Å². The normalized spacial score (nSPS) is 11.2. The molecule has 0 aliphatic carbocycles. The molecule has 0 aromatic carbocycles. The Morgan fingerprint density at radius 1 is 1.47 bits per heavy atom. The molecule has 0 saturated carbocycles. The molecule has 0 spiro atoms. The maximum atomic E-state index is 11.8. The molecule has 1 aromatic heterocycles. The van der Waals surface area contributed by atoms with Gasteiger partial charge in [0.1, 0.15) is 4.60 Å². The van der Waals surface area contributed by atoms with Crippen LogP contribution in [-0.4, -0.2) is 15.9 Å². The third kappa shape index (κ3) is 3.27. The highest BCUT2D eigenvalue weighted by Gasteiger charge is 2.25. The Labute approximate surface area is 97.6 Å². The molecule has 0 unspecified atom stereocenters. The van der Waals surface area contributed by atoms with Gasteiger partial charge in [0.2, 0.25) is 5.91 Å². The number of nitrogens with zero attached hydrogens (tertiary/aromatic N) is 2. The van der Waals surface area contributed by atoms with E-state index in [1.54, 1.807) is 6.20 Å². The molecule has 1 heterocycles. The first-order valence-corrected chi connectivity index (χ1v) is 5.54. The molecule has 1 N–H and O–H groups in total. The van der Waals surface area contributed by atoms with E-state index in [1.807, 2.05) is 20.8 Å². The summed E-state index contributed by atoms with van der Waals surface area (Å²) in [4.78, 5) is 19.8. The van der Waals surface area contributed by atoms with Crippen LogP contribution in [-0.2, 0) is 4.79 Å². The van der Waals surface area contributed by atoms with Crippen molar-refractivity contribution in [3.05, 3.63) is 17.0 Å². The van der Waals surface area contributed by atoms with Crippen molar-refractivity contribution in [2.75, 3.05) is 5.32 Å². The standard InChI is InChI=1S/C10H14BrN3O/c1-4-10(2,3)9(15)14-8-6-12-7(11)5-13-8/h5-6H,4H2,1-3H3,(H,13,14,15). The van der Waals surface area contributed by atoms with Gasteiger partial charge in [0.05, 0.1) is 12.4 Å². The van der Waals surface area contributed by atoms with E-state index in [1.165, 1.54) is 6.20 Å². The highest BCUT2D eigenvalue weighted by molar-refractivity contribution is 9.10. The van der Waals surface area contributed by atoms with Gasteiger partial charge in [0.15, 0.2) is 5.82 Å². The summed E-state index contributed by atoms with van der Waals surface area (Å²) < 4.78 is 0.648. The fourth-order valence-electron chi connectivity index (χ4n) is 0.823. The molecule has 0 bridgehead atoms. The van der Waals surface area contributed by atoms with Crippen LogP contribution in [0, 0.1) is 5.41 Å². The molecule has 82 valence electrons. The number of carbonyl (C=O) groups excluding carboxylic acids is 1. The van der Waals surface area contributed by atoms with Gasteiger partial charge in [-0.05, 0) is 22.4 Å². The van der Waals surface area contributed by atoms with Gasteiger partial charge in [-0.15, -0.1) is 0 Å². The lowest BCUT2D eigenvalue weighted by Gasteiger charge is -2.20. The second kappa shape index (κ2) is 4.70. The molecule has 1 aromatic rings. The topological polar surface area (TPSA) is 54.9 Å². The van der Waals surface area contributed by atoms with Crippen LogP contribution < -0.4 is 5.32 Å². The molecule has 4 nitrogen and oxygen atoms in total. The Hall–Kier alpha value is -0.970. The van der Waals surface area contributed by atoms with Crippen molar-refractivity contribution in [1.82, 2.24) is 9.97 Å². The van der Waals surface area contributed by atoms with E-state index in [9.17, 15) is 4.79 Å². The van der Waals surface area contributed by atoms with Crippen LogP contribution in [0.25, 0.3) is 0 Å². The van der Waals surface area contributed by atoms with Gasteiger partial charge >= 0.3 is 0 Å². The minimum Gasteiger partial charge on any atom is -0.309 e. The van der Waals surface area contributed by atoms with Crippen molar-refractivity contribution in [3.8, 4) is 0 Å². The van der Waals surface area contributed by atoms with Crippen LogP contribution in [0.4, 0.5) is 5.82 Å². The van der Waals surface area contributed by atoms with Crippen LogP contribution in [0.15, 0.2) is 17.0 Å². The summed E-state index contributed by atoms with van der Waals surface area (Å²) in [5.41, 5.74) is -0.380. The summed E-state index contributed by atoms with van der Waals surface area (Å²) in [6.45, 7) is 5.77. The number of halogens is 1. The highest BCUT2D eigenvalue weighted by Crippen LogP contribution is 2.21. The van der Waals surface area contributed by atoms with Crippen LogP contribution >= 0.6 is 15.9 Å². The number of anilines is 1. The molecule has 1 amide bonds. The number of carbonyl (C=O) groups is 1. The van der Waals surface area contributed by atoms with E-state index < -0.39 is 0 Å². The third-order valence-corrected chi connectivity index (χ3v) is 2.77. The summed E-state index contributed by atoms with van der Waals surface area (Å²) in [5, 5.41) is 2.73. The Bertz CT molecular complexity index is 348. The third-order valence-electron chi connectivity index (χ3n) is 2.36. The molecular formula is C10H14BrN3O. The Balaban J connectivity index is 2.71. The minimum absolute atomic E-state index is 0.0402. The molecule has 0 aliphatic rings. The number of aromatic nitrogens is 2. The zero-order chi connectivity index (χ0) is 11.5. The SMILES string of the molecule is CCC(C)(C)C(=O)Nc1cnc(Br)cn1. The quantitative estimate of drug-likeness (QED) is 0.920. The fraction of sp³-hybridized carbons (Fsp3) is 0.500. The van der Waals surface area contributed by atoms with Gasteiger partial charge in [-0.25, -0.2) is 9.97 Å². The summed E-state index contributed by atoms with van der Waals surface area (Å²) in [7, 11) is 0. The fourth-order valence-corrected chi connectivity index (χ4v) is 1.03. The molecule has 0 saturated heterocycles. The van der Waals surface area contributed by atoms with Gasteiger partial charge in [-0.3, -0.25) is 4.79 Å². The van der Waals surface area contributed by atoms with E-state index in [-0.39, 0.29) is 11.3 Å². The number of nitrogens with one attached hydrogen (secondary N) is 1. The van der Waals surface area contributed by atoms with Gasteiger partial charge in [0, 0.05) is 5.41 Å². The molecule has 0 radical (unpaired) electrons. The second-order valence-electron chi connectivity index (χ2n) is 3.92. The average molecular weight is 272 g/mol. The van der Waals surface area contributed by atoms with Crippen molar-refractivity contribution >= 4 is 27.7 Å². The maximum Gasteiger partial charge on any atom is 0.231 e. The smallest absolute Gasteiger partial charge is 0.231 e. The van der Waals surface area contributed by atoms with Gasteiger partial charge in [0.25, 0.3) is 0 Å². The summed E-state index contributed by atoms with van der Waals surface area (Å²) in [6.07, 6.45) is 3.85. The lowest BCUT2D eigenvalue weighted by atomic mass is 9.89. The first-order valence-electron chi connectivity index (χ1n) is 4.74. The van der Waals surface area contributed by atoms with E-state index in [4.69, 9.17) is 0 Å². The summed E-state index contributed by atoms with van der Waals surface area (Å²) in [5.74, 6) is 0.436. The second-order valence-corrected chi connectivity index (χ2v) is 4.73. The van der Waals surface area contributed by atoms with Gasteiger partial charge in [-0.2, -0.15) is 0 Å². The van der Waals surface area contributed by atoms with Crippen molar-refractivity contribution in [2.24, 2.45) is 5.41 Å². The first-order chi connectivity index (χ1) is 6.95. The number of hydrogen-bond donors (Lipinski definition) is 1. The van der Waals surface area contributed by atoms with E-state index in [0.29, 0.717) is 10.4 Å². The lowest BCUT2D eigenvalue weighted by molar-refractivity contribution is -0.124. The predicted molar refractivity (Wildman–Crippen MR) is 62.4 cm³/mol. The van der Waals surface area contributed by atoms with Crippen molar-refractivity contribution < 1.29 is 4.79 Å². The zero-order valence-corrected chi connectivity index (χ0v) is 10.6. The van der Waals surface area contributed by atoms with Crippen molar-refractivity contribution in [2.45, 2.75) is 27.2 Å². The van der Waals surface area contributed by atoms with Gasteiger partial charge in [-0.1, -0.05) is 20.8 Å². The molecule has 0 atom stereocenters. The number of amides is 1. The average Bonchev–Trinajstić information content (AvgIpc) is 2.21. The maximum absolute atomic E-state index is 11.8. The van der Waals surface area contributed by atoms with Crippen LogP contribution in [0.2, 0.25) is 0 Å². The van der Waals surface area contributed by atoms with Crippen LogP contribution in [0.5, 0.6) is 0 Å². The molecule has 1 rings (SSSR count).